The number of rotatable bonds is 7. The highest BCUT2D eigenvalue weighted by Gasteiger charge is 2.33. The summed E-state index contributed by atoms with van der Waals surface area (Å²) in [5.41, 5.74) is 4.31. The molecule has 1 amide bonds. The molecule has 24 heavy (non-hydrogen) atoms. The summed E-state index contributed by atoms with van der Waals surface area (Å²) < 4.78 is 0. The van der Waals surface area contributed by atoms with Gasteiger partial charge in [0.05, 0.1) is 11.7 Å². The molecule has 0 radical (unpaired) electrons. The number of hydrogen-bond donors (Lipinski definition) is 2. The quantitative estimate of drug-likeness (QED) is 0.815. The average molecular weight is 323 g/mol. The number of benzene rings is 1. The summed E-state index contributed by atoms with van der Waals surface area (Å²) in [6.45, 7) is 4.76. The maximum Gasteiger partial charge on any atom is 0.225 e. The van der Waals surface area contributed by atoms with Crippen LogP contribution in [0.5, 0.6) is 0 Å². The Morgan fingerprint density at radius 1 is 1.17 bits per heavy atom. The van der Waals surface area contributed by atoms with Crippen molar-refractivity contribution in [3.8, 4) is 0 Å². The van der Waals surface area contributed by atoms with E-state index >= 15 is 0 Å². The van der Waals surface area contributed by atoms with Crippen LogP contribution in [-0.2, 0) is 4.79 Å². The molecule has 1 aromatic heterocycles. The summed E-state index contributed by atoms with van der Waals surface area (Å²) in [6, 6.07) is 12.2. The molecule has 1 aromatic carbocycles. The van der Waals surface area contributed by atoms with Gasteiger partial charge in [-0.15, -0.1) is 0 Å². The van der Waals surface area contributed by atoms with Gasteiger partial charge in [0.2, 0.25) is 5.91 Å². The average Bonchev–Trinajstić information content (AvgIpc) is 3.40. The van der Waals surface area contributed by atoms with Gasteiger partial charge >= 0.3 is 0 Å². The Morgan fingerprint density at radius 3 is 2.62 bits per heavy atom. The predicted octanol–water partition coefficient (Wildman–Crippen LogP) is 3.77. The van der Waals surface area contributed by atoms with Gasteiger partial charge in [-0.1, -0.05) is 24.3 Å². The van der Waals surface area contributed by atoms with Crippen molar-refractivity contribution in [2.45, 2.75) is 39.2 Å². The molecule has 0 saturated heterocycles. The summed E-state index contributed by atoms with van der Waals surface area (Å²) in [4.78, 5) is 16.7. The first kappa shape index (κ1) is 16.7. The van der Waals surface area contributed by atoms with Crippen molar-refractivity contribution in [1.29, 1.82) is 0 Å². The number of hydrogen-bond acceptors (Lipinski definition) is 3. The fourth-order valence-electron chi connectivity index (χ4n) is 3.01. The number of pyridine rings is 1. The Hall–Kier alpha value is -2.20. The number of nitrogens with one attached hydrogen (secondary N) is 2. The van der Waals surface area contributed by atoms with Gasteiger partial charge in [0.25, 0.3) is 0 Å². The van der Waals surface area contributed by atoms with E-state index in [2.05, 4.69) is 28.6 Å². The summed E-state index contributed by atoms with van der Waals surface area (Å²) >= 11 is 0. The van der Waals surface area contributed by atoms with Crippen LogP contribution in [0.1, 0.15) is 42.1 Å². The van der Waals surface area contributed by atoms with Crippen molar-refractivity contribution < 1.29 is 4.79 Å². The van der Waals surface area contributed by atoms with E-state index < -0.39 is 0 Å². The largest absolute Gasteiger partial charge is 0.326 e. The van der Waals surface area contributed by atoms with Gasteiger partial charge in [0.1, 0.15) is 0 Å². The fourth-order valence-corrected chi connectivity index (χ4v) is 3.01. The summed E-state index contributed by atoms with van der Waals surface area (Å²) in [5, 5.41) is 6.53. The van der Waals surface area contributed by atoms with E-state index in [9.17, 15) is 4.79 Å². The van der Waals surface area contributed by atoms with E-state index in [4.69, 9.17) is 0 Å². The molecule has 1 unspecified atom stereocenters. The van der Waals surface area contributed by atoms with Crippen LogP contribution in [0, 0.1) is 19.8 Å². The van der Waals surface area contributed by atoms with Crippen molar-refractivity contribution in [2.75, 3.05) is 11.9 Å². The zero-order valence-electron chi connectivity index (χ0n) is 14.4. The maximum absolute atomic E-state index is 12.2. The third kappa shape index (κ3) is 4.20. The molecule has 1 aliphatic rings. The number of carbonyl (C=O) groups excluding carboxylic acids is 1. The number of amides is 1. The molecule has 2 aromatic rings. The molecule has 1 fully saturated rings. The zero-order chi connectivity index (χ0) is 16.9. The molecular formula is C20H25N3O. The first-order valence-electron chi connectivity index (χ1n) is 8.65. The molecule has 4 nitrogen and oxygen atoms in total. The van der Waals surface area contributed by atoms with E-state index in [0.29, 0.717) is 18.9 Å². The second kappa shape index (κ2) is 7.58. The van der Waals surface area contributed by atoms with Gasteiger partial charge in [0, 0.05) is 24.8 Å². The molecule has 2 N–H and O–H groups in total. The SMILES string of the molecule is Cc1ccccc1NC(=O)CCNC(c1ncccc1C)C1CC1. The first-order valence-corrected chi connectivity index (χ1v) is 8.65. The Labute approximate surface area is 143 Å². The zero-order valence-corrected chi connectivity index (χ0v) is 14.4. The molecule has 1 saturated carbocycles. The molecule has 0 aliphatic heterocycles. The van der Waals surface area contributed by atoms with E-state index in [1.54, 1.807) is 0 Å². The molecule has 0 spiro atoms. The summed E-state index contributed by atoms with van der Waals surface area (Å²) in [7, 11) is 0. The molecule has 1 atom stereocenters. The number of para-hydroxylation sites is 1. The van der Waals surface area contributed by atoms with Gasteiger partial charge in [-0.2, -0.15) is 0 Å². The van der Waals surface area contributed by atoms with Gasteiger partial charge < -0.3 is 10.6 Å². The topological polar surface area (TPSA) is 54.0 Å². The maximum atomic E-state index is 12.2. The summed E-state index contributed by atoms with van der Waals surface area (Å²) in [6.07, 6.45) is 4.79. The van der Waals surface area contributed by atoms with Crippen LogP contribution in [0.2, 0.25) is 0 Å². The van der Waals surface area contributed by atoms with E-state index in [0.717, 1.165) is 16.9 Å². The van der Waals surface area contributed by atoms with Crippen LogP contribution >= 0.6 is 0 Å². The Morgan fingerprint density at radius 2 is 1.92 bits per heavy atom. The van der Waals surface area contributed by atoms with Crippen LogP contribution in [0.25, 0.3) is 0 Å². The lowest BCUT2D eigenvalue weighted by Crippen LogP contribution is -2.28. The number of aromatic nitrogens is 1. The standard InChI is InChI=1S/C20H25N3O/c1-14-6-3-4-8-17(14)23-18(24)11-13-22-20(16-9-10-16)19-15(2)7-5-12-21-19/h3-8,12,16,20,22H,9-11,13H2,1-2H3,(H,23,24). The highest BCUT2D eigenvalue weighted by atomic mass is 16.1. The molecular weight excluding hydrogens is 298 g/mol. The lowest BCUT2D eigenvalue weighted by atomic mass is 10.0. The molecule has 1 heterocycles. The first-order chi connectivity index (χ1) is 11.6. The van der Waals surface area contributed by atoms with Crippen molar-refractivity contribution in [3.05, 3.63) is 59.4 Å². The number of nitrogens with zero attached hydrogens (tertiary/aromatic N) is 1. The van der Waals surface area contributed by atoms with E-state index in [1.165, 1.54) is 18.4 Å². The summed E-state index contributed by atoms with van der Waals surface area (Å²) in [5.74, 6) is 0.696. The molecule has 0 bridgehead atoms. The van der Waals surface area contributed by atoms with Crippen LogP contribution in [0.4, 0.5) is 5.69 Å². The van der Waals surface area contributed by atoms with Gasteiger partial charge in [-0.3, -0.25) is 9.78 Å². The lowest BCUT2D eigenvalue weighted by Gasteiger charge is -2.19. The minimum absolute atomic E-state index is 0.0455. The van der Waals surface area contributed by atoms with E-state index in [1.807, 2.05) is 43.5 Å². The highest BCUT2D eigenvalue weighted by molar-refractivity contribution is 5.91. The van der Waals surface area contributed by atoms with Crippen LogP contribution in [0.3, 0.4) is 0 Å². The minimum Gasteiger partial charge on any atom is -0.326 e. The fraction of sp³-hybridized carbons (Fsp3) is 0.400. The number of carbonyl (C=O) groups is 1. The van der Waals surface area contributed by atoms with Gasteiger partial charge in [-0.05, 0) is 55.9 Å². The highest BCUT2D eigenvalue weighted by Crippen LogP contribution is 2.41. The van der Waals surface area contributed by atoms with Crippen molar-refractivity contribution in [3.63, 3.8) is 0 Å². The number of anilines is 1. The third-order valence-electron chi connectivity index (χ3n) is 4.57. The van der Waals surface area contributed by atoms with Gasteiger partial charge in [0.15, 0.2) is 0 Å². The lowest BCUT2D eigenvalue weighted by molar-refractivity contribution is -0.116. The second-order valence-corrected chi connectivity index (χ2v) is 6.59. The Kier molecular flexibility index (Phi) is 5.26. The normalized spacial score (nSPS) is 15.1. The van der Waals surface area contributed by atoms with Crippen molar-refractivity contribution >= 4 is 11.6 Å². The molecule has 3 rings (SSSR count). The van der Waals surface area contributed by atoms with Crippen molar-refractivity contribution in [2.24, 2.45) is 5.92 Å². The second-order valence-electron chi connectivity index (χ2n) is 6.59. The minimum atomic E-state index is 0.0455. The molecule has 4 heteroatoms. The van der Waals surface area contributed by atoms with Gasteiger partial charge in [-0.25, -0.2) is 0 Å². The van der Waals surface area contributed by atoms with Crippen LogP contribution in [-0.4, -0.2) is 17.4 Å². The van der Waals surface area contributed by atoms with Crippen LogP contribution in [0.15, 0.2) is 42.6 Å². The van der Waals surface area contributed by atoms with Crippen LogP contribution < -0.4 is 10.6 Å². The Balaban J connectivity index is 1.54. The monoisotopic (exact) mass is 323 g/mol. The molecule has 126 valence electrons. The number of aryl methyl sites for hydroxylation is 2. The smallest absolute Gasteiger partial charge is 0.225 e. The Bertz CT molecular complexity index is 710. The molecule has 1 aliphatic carbocycles. The third-order valence-corrected chi connectivity index (χ3v) is 4.57. The van der Waals surface area contributed by atoms with Crippen molar-refractivity contribution in [1.82, 2.24) is 10.3 Å². The van der Waals surface area contributed by atoms with E-state index in [-0.39, 0.29) is 11.9 Å². The predicted molar refractivity (Wildman–Crippen MR) is 96.9 cm³/mol.